The van der Waals surface area contributed by atoms with Gasteiger partial charge in [0.1, 0.15) is 0 Å². The fraction of sp³-hybridized carbons (Fsp3) is 0.125. The standard InChI is InChI=1S/C8H6FNO3/c1-5-6(4-11)2-3-7(9)8(5)10(12)13/h2-4H,1H3. The summed E-state index contributed by atoms with van der Waals surface area (Å²) in [7, 11) is 0. The van der Waals surface area contributed by atoms with Crippen LogP contribution in [-0.4, -0.2) is 11.2 Å². The van der Waals surface area contributed by atoms with Crippen LogP contribution in [0, 0.1) is 22.9 Å². The van der Waals surface area contributed by atoms with Gasteiger partial charge in [-0.25, -0.2) is 0 Å². The lowest BCUT2D eigenvalue weighted by Gasteiger charge is -2.00. The molecule has 0 spiro atoms. The van der Waals surface area contributed by atoms with Crippen molar-refractivity contribution in [1.82, 2.24) is 0 Å². The number of nitro benzene ring substituents is 1. The van der Waals surface area contributed by atoms with Gasteiger partial charge in [0, 0.05) is 11.1 Å². The van der Waals surface area contributed by atoms with Crippen molar-refractivity contribution in [2.75, 3.05) is 0 Å². The average molecular weight is 183 g/mol. The number of halogens is 1. The van der Waals surface area contributed by atoms with E-state index >= 15 is 0 Å². The minimum Gasteiger partial charge on any atom is -0.298 e. The Hall–Kier alpha value is -1.78. The molecule has 0 saturated heterocycles. The van der Waals surface area contributed by atoms with Gasteiger partial charge in [0.25, 0.3) is 0 Å². The average Bonchev–Trinajstić information content (AvgIpc) is 2.04. The fourth-order valence-corrected chi connectivity index (χ4v) is 1.03. The molecule has 13 heavy (non-hydrogen) atoms. The fourth-order valence-electron chi connectivity index (χ4n) is 1.03. The molecule has 0 atom stereocenters. The highest BCUT2D eigenvalue weighted by molar-refractivity contribution is 5.79. The van der Waals surface area contributed by atoms with Gasteiger partial charge in [-0.1, -0.05) is 0 Å². The van der Waals surface area contributed by atoms with Crippen molar-refractivity contribution in [3.8, 4) is 0 Å². The maximum Gasteiger partial charge on any atom is 0.308 e. The van der Waals surface area contributed by atoms with E-state index in [2.05, 4.69) is 0 Å². The molecule has 68 valence electrons. The van der Waals surface area contributed by atoms with E-state index in [1.54, 1.807) is 0 Å². The predicted molar refractivity (Wildman–Crippen MR) is 43.2 cm³/mol. The molecule has 0 aliphatic heterocycles. The quantitative estimate of drug-likeness (QED) is 0.399. The van der Waals surface area contributed by atoms with Crippen LogP contribution in [0.2, 0.25) is 0 Å². The number of hydrogen-bond donors (Lipinski definition) is 0. The second kappa shape index (κ2) is 3.30. The molecule has 1 rings (SSSR count). The molecule has 5 heteroatoms. The second-order valence-electron chi connectivity index (χ2n) is 2.49. The van der Waals surface area contributed by atoms with Crippen molar-refractivity contribution >= 4 is 12.0 Å². The molecule has 0 amide bonds. The summed E-state index contributed by atoms with van der Waals surface area (Å²) in [5.41, 5.74) is -0.447. The number of carbonyl (C=O) groups excluding carboxylic acids is 1. The number of nitrogens with zero attached hydrogens (tertiary/aromatic N) is 1. The molecule has 0 unspecified atom stereocenters. The number of nitro groups is 1. The predicted octanol–water partition coefficient (Wildman–Crippen LogP) is 1.85. The zero-order valence-corrected chi connectivity index (χ0v) is 6.78. The third kappa shape index (κ3) is 1.53. The maximum atomic E-state index is 12.9. The first-order valence-corrected chi connectivity index (χ1v) is 3.46. The molecule has 0 radical (unpaired) electrons. The van der Waals surface area contributed by atoms with E-state index in [-0.39, 0.29) is 11.1 Å². The summed E-state index contributed by atoms with van der Waals surface area (Å²) in [5, 5.41) is 10.4. The Balaban J connectivity index is 3.47. The zero-order chi connectivity index (χ0) is 10.0. The highest BCUT2D eigenvalue weighted by Gasteiger charge is 2.19. The lowest BCUT2D eigenvalue weighted by atomic mass is 10.1. The molecule has 4 nitrogen and oxygen atoms in total. The smallest absolute Gasteiger partial charge is 0.298 e. The highest BCUT2D eigenvalue weighted by atomic mass is 19.1. The van der Waals surface area contributed by atoms with Crippen molar-refractivity contribution in [3.63, 3.8) is 0 Å². The van der Waals surface area contributed by atoms with Gasteiger partial charge in [-0.15, -0.1) is 0 Å². The van der Waals surface area contributed by atoms with E-state index in [9.17, 15) is 19.3 Å². The van der Waals surface area contributed by atoms with Crippen LogP contribution in [0.4, 0.5) is 10.1 Å². The number of hydrogen-bond acceptors (Lipinski definition) is 3. The van der Waals surface area contributed by atoms with Gasteiger partial charge in [0.05, 0.1) is 4.92 Å². The van der Waals surface area contributed by atoms with Crippen LogP contribution in [0.5, 0.6) is 0 Å². The molecule has 1 aromatic carbocycles. The Morgan fingerprint density at radius 1 is 1.54 bits per heavy atom. The highest BCUT2D eigenvalue weighted by Crippen LogP contribution is 2.23. The lowest BCUT2D eigenvalue weighted by Crippen LogP contribution is -1.98. The van der Waals surface area contributed by atoms with Crippen molar-refractivity contribution < 1.29 is 14.1 Å². The van der Waals surface area contributed by atoms with Crippen LogP contribution in [0.1, 0.15) is 15.9 Å². The summed E-state index contributed by atoms with van der Waals surface area (Å²) in [4.78, 5) is 19.9. The van der Waals surface area contributed by atoms with Gasteiger partial charge in [-0.2, -0.15) is 4.39 Å². The van der Waals surface area contributed by atoms with Crippen LogP contribution < -0.4 is 0 Å². The van der Waals surface area contributed by atoms with Gasteiger partial charge in [-0.05, 0) is 19.1 Å². The summed E-state index contributed by atoms with van der Waals surface area (Å²) in [5.74, 6) is -0.923. The van der Waals surface area contributed by atoms with E-state index in [0.29, 0.717) is 6.29 Å². The normalized spacial score (nSPS) is 9.69. The molecule has 0 N–H and O–H groups in total. The topological polar surface area (TPSA) is 60.2 Å². The summed E-state index contributed by atoms with van der Waals surface area (Å²) in [6.45, 7) is 1.34. The minimum atomic E-state index is -0.923. The molecule has 0 saturated carbocycles. The van der Waals surface area contributed by atoms with Crippen molar-refractivity contribution in [1.29, 1.82) is 0 Å². The van der Waals surface area contributed by atoms with Gasteiger partial charge >= 0.3 is 5.69 Å². The molecular formula is C8H6FNO3. The molecule has 0 aliphatic carbocycles. The maximum absolute atomic E-state index is 12.9. The number of aldehydes is 1. The van der Waals surface area contributed by atoms with Crippen LogP contribution >= 0.6 is 0 Å². The van der Waals surface area contributed by atoms with E-state index in [1.807, 2.05) is 0 Å². The van der Waals surface area contributed by atoms with E-state index in [4.69, 9.17) is 0 Å². The Morgan fingerprint density at radius 3 is 2.62 bits per heavy atom. The SMILES string of the molecule is Cc1c(C=O)ccc(F)c1[N+](=O)[O-]. The molecule has 0 aromatic heterocycles. The van der Waals surface area contributed by atoms with E-state index in [1.165, 1.54) is 13.0 Å². The Bertz CT molecular complexity index is 376. The van der Waals surface area contributed by atoms with Crippen LogP contribution in [0.3, 0.4) is 0 Å². The number of rotatable bonds is 2. The number of carbonyl (C=O) groups is 1. The summed E-state index contributed by atoms with van der Waals surface area (Å²) >= 11 is 0. The zero-order valence-electron chi connectivity index (χ0n) is 6.78. The summed E-state index contributed by atoms with van der Waals surface area (Å²) in [6, 6.07) is 2.12. The summed E-state index contributed by atoms with van der Waals surface area (Å²) in [6.07, 6.45) is 0.460. The first-order chi connectivity index (χ1) is 6.07. The van der Waals surface area contributed by atoms with Gasteiger partial charge in [-0.3, -0.25) is 14.9 Å². The molecule has 0 fully saturated rings. The second-order valence-corrected chi connectivity index (χ2v) is 2.49. The molecule has 0 aliphatic rings. The lowest BCUT2D eigenvalue weighted by molar-refractivity contribution is -0.388. The molecule has 0 heterocycles. The number of benzene rings is 1. The van der Waals surface area contributed by atoms with Crippen LogP contribution in [0.15, 0.2) is 12.1 Å². The van der Waals surface area contributed by atoms with Crippen LogP contribution in [-0.2, 0) is 0 Å². The minimum absolute atomic E-state index is 0.0556. The van der Waals surface area contributed by atoms with Gasteiger partial charge in [0.2, 0.25) is 5.82 Å². The first kappa shape index (κ1) is 9.31. The molecule has 0 bridgehead atoms. The van der Waals surface area contributed by atoms with Gasteiger partial charge < -0.3 is 0 Å². The van der Waals surface area contributed by atoms with E-state index in [0.717, 1.165) is 6.07 Å². The van der Waals surface area contributed by atoms with Crippen LogP contribution in [0.25, 0.3) is 0 Å². The molecular weight excluding hydrogens is 177 g/mol. The van der Waals surface area contributed by atoms with Gasteiger partial charge in [0.15, 0.2) is 6.29 Å². The third-order valence-electron chi connectivity index (χ3n) is 1.73. The van der Waals surface area contributed by atoms with Crippen molar-refractivity contribution in [3.05, 3.63) is 39.2 Å². The van der Waals surface area contributed by atoms with Crippen molar-refractivity contribution in [2.24, 2.45) is 0 Å². The van der Waals surface area contributed by atoms with Crippen molar-refractivity contribution in [2.45, 2.75) is 6.92 Å². The Kier molecular flexibility index (Phi) is 2.36. The Morgan fingerprint density at radius 2 is 2.15 bits per heavy atom. The van der Waals surface area contributed by atoms with E-state index < -0.39 is 16.4 Å². The largest absolute Gasteiger partial charge is 0.308 e. The molecule has 1 aromatic rings. The first-order valence-electron chi connectivity index (χ1n) is 3.46. The third-order valence-corrected chi connectivity index (χ3v) is 1.73. The summed E-state index contributed by atoms with van der Waals surface area (Å²) < 4.78 is 12.9. The monoisotopic (exact) mass is 183 g/mol. The Labute approximate surface area is 73.1 Å².